The molecule has 0 aromatic heterocycles. The van der Waals surface area contributed by atoms with Crippen LogP contribution < -0.4 is 24.8 Å². The fourth-order valence-corrected chi connectivity index (χ4v) is 10.2. The zero-order valence-electron chi connectivity index (χ0n) is 19.3. The maximum atomic E-state index is 2.62. The molecule has 0 unspecified atom stereocenters. The van der Waals surface area contributed by atoms with E-state index >= 15 is 0 Å². The zero-order valence-corrected chi connectivity index (χ0v) is 24.4. The molecule has 0 N–H and O–H groups in total. The Morgan fingerprint density at radius 1 is 0.586 bits per heavy atom. The van der Waals surface area contributed by atoms with Crippen LogP contribution in [0.4, 0.5) is 0 Å². The van der Waals surface area contributed by atoms with Gasteiger partial charge in [-0.3, -0.25) is 0 Å². The Bertz CT molecular complexity index is 544. The Morgan fingerprint density at radius 2 is 0.931 bits per heavy atom. The average molecular weight is 604 g/mol. The fourth-order valence-electron chi connectivity index (χ4n) is 4.34. The Balaban J connectivity index is 0.00000392. The van der Waals surface area contributed by atoms with E-state index in [9.17, 15) is 0 Å². The monoisotopic (exact) mass is 604 g/mol. The first kappa shape index (κ1) is 29.4. The summed E-state index contributed by atoms with van der Waals surface area (Å²) < 4.78 is 3.92. The first-order valence-corrected chi connectivity index (χ1v) is 15.4. The van der Waals surface area contributed by atoms with Crippen molar-refractivity contribution < 1.29 is 47.7 Å². The molecule has 0 atom stereocenters. The van der Waals surface area contributed by atoms with Gasteiger partial charge < -0.3 is 24.8 Å². The summed E-state index contributed by atoms with van der Waals surface area (Å²) in [5.74, 6) is 0. The predicted molar refractivity (Wildman–Crippen MR) is 118 cm³/mol. The molecule has 0 aromatic carbocycles. The predicted octanol–water partition coefficient (Wildman–Crippen LogP) is 3.01. The maximum absolute atomic E-state index is 2.62. The van der Waals surface area contributed by atoms with E-state index in [0.717, 1.165) is 0 Å². The molecule has 2 aliphatic carbocycles. The normalized spacial score (nSPS) is 15.7. The van der Waals surface area contributed by atoms with E-state index in [1.807, 2.05) is 17.8 Å². The quantitative estimate of drug-likeness (QED) is 0.268. The summed E-state index contributed by atoms with van der Waals surface area (Å²) in [6.07, 6.45) is 24.1. The number of hydrogen-bond acceptors (Lipinski definition) is 0. The third-order valence-corrected chi connectivity index (χ3v) is 11.9. The fraction of sp³-hybridized carbons (Fsp3) is 0.692. The molecule has 0 saturated carbocycles. The molecule has 0 amide bonds. The molecule has 0 radical (unpaired) electrons. The number of rotatable bonds is 14. The van der Waals surface area contributed by atoms with Gasteiger partial charge in [-0.15, -0.1) is 0 Å². The van der Waals surface area contributed by atoms with Gasteiger partial charge in [-0.2, -0.15) is 0 Å². The van der Waals surface area contributed by atoms with Crippen LogP contribution >= 0.6 is 0 Å². The smallest absolute Gasteiger partial charge is 1.00 e. The van der Waals surface area contributed by atoms with Crippen LogP contribution in [-0.4, -0.2) is 0 Å². The van der Waals surface area contributed by atoms with Crippen LogP contribution in [0.2, 0.25) is 0 Å². The van der Waals surface area contributed by atoms with Gasteiger partial charge in [0.25, 0.3) is 0 Å². The molecular weight excluding hydrogens is 562 g/mol. The van der Waals surface area contributed by atoms with E-state index in [1.165, 1.54) is 89.9 Å². The van der Waals surface area contributed by atoms with Gasteiger partial charge in [0.15, 0.2) is 0 Å². The molecule has 2 aliphatic rings. The van der Waals surface area contributed by atoms with Crippen molar-refractivity contribution in [2.75, 3.05) is 0 Å². The van der Waals surface area contributed by atoms with Crippen molar-refractivity contribution in [3.8, 4) is 0 Å². The minimum absolute atomic E-state index is 0. The molecule has 0 aliphatic heterocycles. The Morgan fingerprint density at radius 3 is 1.28 bits per heavy atom. The standard InChI is InChI=1S/2C13H21.2ClH.Hf/c2*1-3-5-8-12-10-7-11-13(12)9-6-4-2;;;/h2*10H,3-9H2,1-2H3;2*1H;/q;;;;+2/p-2. The van der Waals surface area contributed by atoms with Crippen LogP contribution in [-0.2, 0) is 22.9 Å². The van der Waals surface area contributed by atoms with Crippen LogP contribution in [0, 0.1) is 0 Å². The van der Waals surface area contributed by atoms with Crippen molar-refractivity contribution in [3.63, 3.8) is 0 Å². The molecule has 0 spiro atoms. The molecule has 0 fully saturated rings. The molecule has 3 heteroatoms. The van der Waals surface area contributed by atoms with E-state index in [1.54, 1.807) is 11.1 Å². The molecule has 0 saturated heterocycles. The average Bonchev–Trinajstić information content (AvgIpc) is 3.25. The Labute approximate surface area is 205 Å². The van der Waals surface area contributed by atoms with Gasteiger partial charge in [-0.05, 0) is 0 Å². The summed E-state index contributed by atoms with van der Waals surface area (Å²) in [6.45, 7) is 9.35. The summed E-state index contributed by atoms with van der Waals surface area (Å²) >= 11 is -0.842. The molecular formula is C26H42Cl2Hf. The van der Waals surface area contributed by atoms with Gasteiger partial charge >= 0.3 is 182 Å². The molecule has 29 heavy (non-hydrogen) atoms. The molecule has 0 nitrogen and oxygen atoms in total. The van der Waals surface area contributed by atoms with Gasteiger partial charge in [0, 0.05) is 0 Å². The number of halogens is 2. The third-order valence-electron chi connectivity index (χ3n) is 6.07. The zero-order chi connectivity index (χ0) is 19.5. The van der Waals surface area contributed by atoms with Crippen LogP contribution in [0.3, 0.4) is 0 Å². The van der Waals surface area contributed by atoms with Gasteiger partial charge in [-0.25, -0.2) is 0 Å². The molecule has 0 aromatic rings. The molecule has 164 valence electrons. The number of unbranched alkanes of at least 4 members (excludes halogenated alkanes) is 4. The summed E-state index contributed by atoms with van der Waals surface area (Å²) in [5, 5.41) is 0. The van der Waals surface area contributed by atoms with Crippen molar-refractivity contribution in [2.24, 2.45) is 0 Å². The largest absolute Gasteiger partial charge is 1.00 e. The van der Waals surface area contributed by atoms with Crippen LogP contribution in [0.25, 0.3) is 0 Å². The van der Waals surface area contributed by atoms with Gasteiger partial charge in [0.1, 0.15) is 0 Å². The van der Waals surface area contributed by atoms with Gasteiger partial charge in [-0.1, -0.05) is 0 Å². The van der Waals surface area contributed by atoms with E-state index in [2.05, 4.69) is 39.8 Å². The summed E-state index contributed by atoms with van der Waals surface area (Å²) in [5.41, 5.74) is 7.19. The van der Waals surface area contributed by atoms with E-state index in [-0.39, 0.29) is 24.8 Å². The molecule has 0 bridgehead atoms. The first-order chi connectivity index (χ1) is 13.2. The van der Waals surface area contributed by atoms with Crippen molar-refractivity contribution >= 4 is 0 Å². The SMILES string of the molecule is CCCCC1=CC[C]([Hf+2][C]2=C(CCCC)C(CCCC)=CC2)=C1CCCC.[Cl-].[Cl-]. The van der Waals surface area contributed by atoms with Gasteiger partial charge in [0.05, 0.1) is 0 Å². The van der Waals surface area contributed by atoms with Crippen LogP contribution in [0.5, 0.6) is 0 Å². The summed E-state index contributed by atoms with van der Waals surface area (Å²) in [4.78, 5) is 0. The minimum Gasteiger partial charge on any atom is -1.00 e. The van der Waals surface area contributed by atoms with Crippen molar-refractivity contribution in [3.05, 3.63) is 41.1 Å². The molecule has 0 heterocycles. The first-order valence-electron chi connectivity index (χ1n) is 11.8. The Hall–Kier alpha value is 0.410. The summed E-state index contributed by atoms with van der Waals surface area (Å²) in [7, 11) is 0. The van der Waals surface area contributed by atoms with E-state index < -0.39 is 22.9 Å². The van der Waals surface area contributed by atoms with E-state index in [4.69, 9.17) is 0 Å². The van der Waals surface area contributed by atoms with Crippen molar-refractivity contribution in [2.45, 2.75) is 118 Å². The van der Waals surface area contributed by atoms with Crippen LogP contribution in [0.1, 0.15) is 118 Å². The minimum atomic E-state index is -0.842. The Kier molecular flexibility index (Phi) is 17.3. The summed E-state index contributed by atoms with van der Waals surface area (Å²) in [6, 6.07) is 0. The van der Waals surface area contributed by atoms with Crippen LogP contribution in [0.15, 0.2) is 41.1 Å². The van der Waals surface area contributed by atoms with Gasteiger partial charge in [0.2, 0.25) is 0 Å². The second-order valence-corrected chi connectivity index (χ2v) is 13.6. The molecule has 2 rings (SSSR count). The van der Waals surface area contributed by atoms with Crippen molar-refractivity contribution in [1.29, 1.82) is 0 Å². The number of hydrogen-bond donors (Lipinski definition) is 0. The topological polar surface area (TPSA) is 0 Å². The second kappa shape index (κ2) is 17.0. The number of allylic oxidation sites excluding steroid dienone is 8. The maximum Gasteiger partial charge on any atom is -1.00 e. The van der Waals surface area contributed by atoms with E-state index in [0.29, 0.717) is 0 Å². The second-order valence-electron chi connectivity index (χ2n) is 8.32. The van der Waals surface area contributed by atoms with Crippen molar-refractivity contribution in [1.82, 2.24) is 0 Å². The third kappa shape index (κ3) is 9.20.